The number of nitrogens with zero attached hydrogens (tertiary/aromatic N) is 2. The number of aryl methyl sites for hydroxylation is 2. The van der Waals surface area contributed by atoms with Gasteiger partial charge in [0, 0.05) is 18.0 Å². The second-order valence-corrected chi connectivity index (χ2v) is 5.91. The molecule has 0 saturated carbocycles. The predicted octanol–water partition coefficient (Wildman–Crippen LogP) is 3.54. The highest BCUT2D eigenvalue weighted by Crippen LogP contribution is 2.17. The summed E-state index contributed by atoms with van der Waals surface area (Å²) in [6.45, 7) is 5.24. The second-order valence-electron chi connectivity index (χ2n) is 4.24. The van der Waals surface area contributed by atoms with Crippen LogP contribution in [0.15, 0.2) is 12.3 Å². The van der Waals surface area contributed by atoms with Crippen LogP contribution in [0.1, 0.15) is 18.9 Å². The van der Waals surface area contributed by atoms with Crippen LogP contribution in [0.2, 0.25) is 0 Å². The molecule has 0 bridgehead atoms. The monoisotopic (exact) mass is 267 g/mol. The maximum Gasteiger partial charge on any atom is 0.179 e. The van der Waals surface area contributed by atoms with Gasteiger partial charge >= 0.3 is 0 Å². The molecule has 1 unspecified atom stereocenters. The average molecular weight is 267 g/mol. The molecule has 92 valence electrons. The maximum atomic E-state index is 5.36. The summed E-state index contributed by atoms with van der Waals surface area (Å²) in [5.74, 6) is 0. The fourth-order valence-electron chi connectivity index (χ4n) is 1.81. The molecule has 2 rings (SSSR count). The summed E-state index contributed by atoms with van der Waals surface area (Å²) in [5, 5.41) is 0.645. The fraction of sp³-hybridized carbons (Fsp3) is 0.500. The Labute approximate surface area is 111 Å². The molecular weight excluding hydrogens is 250 g/mol. The second kappa shape index (κ2) is 5.23. The minimum Gasteiger partial charge on any atom is -0.329 e. The molecule has 2 aromatic rings. The molecule has 17 heavy (non-hydrogen) atoms. The molecule has 0 aliphatic heterocycles. The molecule has 0 aromatic carbocycles. The molecule has 0 amide bonds. The average Bonchev–Trinajstić information content (AvgIpc) is 2.64. The van der Waals surface area contributed by atoms with Gasteiger partial charge < -0.3 is 9.55 Å². The number of rotatable bonds is 4. The number of thioether (sulfide) groups is 1. The number of imidazole rings is 1. The molecule has 2 aromatic heterocycles. The summed E-state index contributed by atoms with van der Waals surface area (Å²) >= 11 is 7.24. The van der Waals surface area contributed by atoms with Crippen molar-refractivity contribution in [1.29, 1.82) is 0 Å². The number of nitrogens with one attached hydrogen (secondary N) is 1. The lowest BCUT2D eigenvalue weighted by atomic mass is 10.3. The van der Waals surface area contributed by atoms with Crippen molar-refractivity contribution in [3.8, 4) is 0 Å². The molecular formula is C12H17N3S2. The van der Waals surface area contributed by atoms with Gasteiger partial charge in [-0.05, 0) is 43.4 Å². The van der Waals surface area contributed by atoms with Gasteiger partial charge in [-0.1, -0.05) is 6.92 Å². The minimum absolute atomic E-state index is 0.645. The van der Waals surface area contributed by atoms with E-state index < -0.39 is 0 Å². The molecule has 5 heteroatoms. The van der Waals surface area contributed by atoms with Crippen molar-refractivity contribution in [2.75, 3.05) is 6.26 Å². The van der Waals surface area contributed by atoms with Crippen molar-refractivity contribution in [1.82, 2.24) is 14.5 Å². The Bertz CT molecular complexity index is 571. The number of fused-ring (bicyclic) bond motifs is 1. The summed E-state index contributed by atoms with van der Waals surface area (Å²) in [7, 11) is 0. The number of aromatic amines is 1. The summed E-state index contributed by atoms with van der Waals surface area (Å²) in [4.78, 5) is 7.67. The van der Waals surface area contributed by atoms with Crippen molar-refractivity contribution in [3.63, 3.8) is 0 Å². The molecule has 0 saturated heterocycles. The third-order valence-electron chi connectivity index (χ3n) is 3.03. The normalized spacial score (nSPS) is 13.1. The highest BCUT2D eigenvalue weighted by Gasteiger charge is 2.08. The van der Waals surface area contributed by atoms with E-state index in [0.717, 1.165) is 28.9 Å². The van der Waals surface area contributed by atoms with Gasteiger partial charge in [-0.25, -0.2) is 4.98 Å². The van der Waals surface area contributed by atoms with E-state index in [4.69, 9.17) is 12.2 Å². The molecule has 0 fully saturated rings. The van der Waals surface area contributed by atoms with Gasteiger partial charge in [0.2, 0.25) is 0 Å². The van der Waals surface area contributed by atoms with Gasteiger partial charge in [0.05, 0.1) is 5.52 Å². The van der Waals surface area contributed by atoms with Gasteiger partial charge in [0.1, 0.15) is 0 Å². The number of aromatic nitrogens is 3. The number of H-pyrrole nitrogens is 1. The Kier molecular flexibility index (Phi) is 3.89. The first-order valence-corrected chi connectivity index (χ1v) is 7.40. The lowest BCUT2D eigenvalue weighted by molar-refractivity contribution is 0.644. The van der Waals surface area contributed by atoms with Crippen molar-refractivity contribution in [3.05, 3.63) is 22.6 Å². The lowest BCUT2D eigenvalue weighted by Crippen LogP contribution is -2.05. The van der Waals surface area contributed by atoms with Crippen LogP contribution in [0.25, 0.3) is 11.2 Å². The summed E-state index contributed by atoms with van der Waals surface area (Å²) in [6, 6.07) is 2.00. The van der Waals surface area contributed by atoms with E-state index in [-0.39, 0.29) is 0 Å². The van der Waals surface area contributed by atoms with Crippen molar-refractivity contribution >= 4 is 35.1 Å². The fourth-order valence-corrected chi connectivity index (χ4v) is 2.43. The molecule has 3 nitrogen and oxygen atoms in total. The van der Waals surface area contributed by atoms with Gasteiger partial charge in [0.15, 0.2) is 10.4 Å². The van der Waals surface area contributed by atoms with Gasteiger partial charge in [-0.15, -0.1) is 0 Å². The standard InChI is InChI=1S/C12H17N3S2/c1-8-4-6-13-11-10(8)14-12(16)15(11)7-5-9(2)17-3/h4,6,9H,5,7H2,1-3H3,(H,14,16). The van der Waals surface area contributed by atoms with Crippen molar-refractivity contribution in [2.45, 2.75) is 32.1 Å². The van der Waals surface area contributed by atoms with E-state index >= 15 is 0 Å². The lowest BCUT2D eigenvalue weighted by Gasteiger charge is -2.08. The van der Waals surface area contributed by atoms with Gasteiger partial charge in [-0.2, -0.15) is 11.8 Å². The Morgan fingerprint density at radius 3 is 3.06 bits per heavy atom. The zero-order valence-corrected chi connectivity index (χ0v) is 12.0. The van der Waals surface area contributed by atoms with Crippen LogP contribution in [0.5, 0.6) is 0 Å². The van der Waals surface area contributed by atoms with Crippen LogP contribution in [-0.2, 0) is 6.54 Å². The number of pyridine rings is 1. The molecule has 0 radical (unpaired) electrons. The van der Waals surface area contributed by atoms with E-state index in [1.54, 1.807) is 0 Å². The quantitative estimate of drug-likeness (QED) is 0.860. The van der Waals surface area contributed by atoms with E-state index in [1.807, 2.05) is 24.0 Å². The Morgan fingerprint density at radius 2 is 2.35 bits per heavy atom. The van der Waals surface area contributed by atoms with Crippen LogP contribution >= 0.6 is 24.0 Å². The first-order chi connectivity index (χ1) is 8.13. The minimum atomic E-state index is 0.645. The predicted molar refractivity (Wildman–Crippen MR) is 77.2 cm³/mol. The molecule has 0 aliphatic carbocycles. The van der Waals surface area contributed by atoms with Crippen LogP contribution < -0.4 is 0 Å². The smallest absolute Gasteiger partial charge is 0.179 e. The molecule has 2 heterocycles. The van der Waals surface area contributed by atoms with E-state index in [2.05, 4.69) is 34.6 Å². The molecule has 0 aliphatic rings. The van der Waals surface area contributed by atoms with Gasteiger partial charge in [-0.3, -0.25) is 0 Å². The first kappa shape index (κ1) is 12.6. The molecule has 1 atom stereocenters. The Morgan fingerprint density at radius 1 is 1.59 bits per heavy atom. The largest absolute Gasteiger partial charge is 0.329 e. The number of hydrogen-bond donors (Lipinski definition) is 1. The topological polar surface area (TPSA) is 33.6 Å². The van der Waals surface area contributed by atoms with Crippen LogP contribution in [0, 0.1) is 11.7 Å². The van der Waals surface area contributed by atoms with Crippen molar-refractivity contribution in [2.24, 2.45) is 0 Å². The summed E-state index contributed by atoms with van der Waals surface area (Å²) in [6.07, 6.45) is 5.09. The van der Waals surface area contributed by atoms with E-state index in [0.29, 0.717) is 5.25 Å². The zero-order chi connectivity index (χ0) is 12.4. The Hall–Kier alpha value is -0.810. The van der Waals surface area contributed by atoms with Gasteiger partial charge in [0.25, 0.3) is 0 Å². The van der Waals surface area contributed by atoms with Crippen LogP contribution in [0.3, 0.4) is 0 Å². The highest BCUT2D eigenvalue weighted by molar-refractivity contribution is 7.99. The maximum absolute atomic E-state index is 5.36. The Balaban J connectivity index is 2.37. The third kappa shape index (κ3) is 2.55. The highest BCUT2D eigenvalue weighted by atomic mass is 32.2. The zero-order valence-electron chi connectivity index (χ0n) is 10.4. The van der Waals surface area contributed by atoms with Crippen LogP contribution in [-0.4, -0.2) is 26.0 Å². The summed E-state index contributed by atoms with van der Waals surface area (Å²) in [5.41, 5.74) is 3.23. The van der Waals surface area contributed by atoms with Crippen molar-refractivity contribution < 1.29 is 0 Å². The third-order valence-corrected chi connectivity index (χ3v) is 4.40. The van der Waals surface area contributed by atoms with E-state index in [9.17, 15) is 0 Å². The SMILES string of the molecule is CSC(C)CCn1c(=S)[nH]c2c(C)ccnc21. The summed E-state index contributed by atoms with van der Waals surface area (Å²) < 4.78 is 2.87. The molecule has 1 N–H and O–H groups in total. The first-order valence-electron chi connectivity index (χ1n) is 5.70. The number of hydrogen-bond acceptors (Lipinski definition) is 3. The van der Waals surface area contributed by atoms with Crippen LogP contribution in [0.4, 0.5) is 0 Å². The van der Waals surface area contributed by atoms with E-state index in [1.165, 1.54) is 5.56 Å². The molecule has 0 spiro atoms.